The number of carbonyl (C=O) groups excluding carboxylic acids is 3. The van der Waals surface area contributed by atoms with Gasteiger partial charge >= 0.3 is 0 Å². The summed E-state index contributed by atoms with van der Waals surface area (Å²) in [6.45, 7) is 8.96. The van der Waals surface area contributed by atoms with E-state index >= 15 is 0 Å². The molecule has 0 aliphatic carbocycles. The normalized spacial score (nSPS) is 19.8. The molecule has 1 saturated heterocycles. The van der Waals surface area contributed by atoms with Gasteiger partial charge in [-0.05, 0) is 13.0 Å². The zero-order valence-corrected chi connectivity index (χ0v) is 13.2. The van der Waals surface area contributed by atoms with Crippen LogP contribution in [0.2, 0.25) is 0 Å². The summed E-state index contributed by atoms with van der Waals surface area (Å²) in [7, 11) is 1.60. The molecular weight excluding hydrogens is 258 g/mol. The number of piperidine rings is 1. The van der Waals surface area contributed by atoms with Crippen molar-refractivity contribution < 1.29 is 14.4 Å². The maximum absolute atomic E-state index is 11.8. The summed E-state index contributed by atoms with van der Waals surface area (Å²) in [4.78, 5) is 36.3. The summed E-state index contributed by atoms with van der Waals surface area (Å²) in [5, 5.41) is 4.94. The van der Waals surface area contributed by atoms with Crippen molar-refractivity contribution in [1.29, 1.82) is 0 Å². The van der Waals surface area contributed by atoms with Gasteiger partial charge in [0, 0.05) is 25.9 Å². The van der Waals surface area contributed by atoms with E-state index in [1.54, 1.807) is 7.05 Å². The van der Waals surface area contributed by atoms with Crippen molar-refractivity contribution in [2.24, 2.45) is 5.92 Å². The van der Waals surface area contributed by atoms with Gasteiger partial charge in [0.2, 0.25) is 17.7 Å². The van der Waals surface area contributed by atoms with Crippen LogP contribution in [0, 0.1) is 5.92 Å². The highest BCUT2D eigenvalue weighted by Gasteiger charge is 2.32. The third-order valence-corrected chi connectivity index (χ3v) is 3.26. The largest absolute Gasteiger partial charge is 0.359 e. The van der Waals surface area contributed by atoms with Crippen LogP contribution in [0.15, 0.2) is 0 Å². The van der Waals surface area contributed by atoms with Gasteiger partial charge < -0.3 is 5.32 Å². The molecule has 20 heavy (non-hydrogen) atoms. The van der Waals surface area contributed by atoms with Gasteiger partial charge in [-0.15, -0.1) is 0 Å². The van der Waals surface area contributed by atoms with Crippen LogP contribution >= 0.6 is 0 Å². The second kappa shape index (κ2) is 9.47. The molecule has 2 N–H and O–H groups in total. The van der Waals surface area contributed by atoms with Crippen LogP contribution in [0.3, 0.4) is 0 Å². The number of likely N-dealkylation sites (N-methyl/N-ethyl adjacent to an activating group) is 1. The van der Waals surface area contributed by atoms with Crippen LogP contribution in [0.5, 0.6) is 0 Å². The number of rotatable bonds is 5. The summed E-state index contributed by atoms with van der Waals surface area (Å²) < 4.78 is 0. The molecule has 0 aromatic heterocycles. The minimum Gasteiger partial charge on any atom is -0.359 e. The highest BCUT2D eigenvalue weighted by molar-refractivity contribution is 6.00. The van der Waals surface area contributed by atoms with Crippen molar-refractivity contribution in [3.63, 3.8) is 0 Å². The smallest absolute Gasteiger partial charge is 0.243 e. The number of imide groups is 1. The Bertz CT molecular complexity index is 345. The van der Waals surface area contributed by atoms with Crippen molar-refractivity contribution in [1.82, 2.24) is 15.5 Å². The van der Waals surface area contributed by atoms with Crippen LogP contribution in [0.25, 0.3) is 0 Å². The molecule has 1 heterocycles. The lowest BCUT2D eigenvalue weighted by Crippen LogP contribution is -2.54. The summed E-state index contributed by atoms with van der Waals surface area (Å²) in [6, 6.07) is -0.306. The molecular formula is C14H27N3O3. The Morgan fingerprint density at radius 3 is 2.50 bits per heavy atom. The van der Waals surface area contributed by atoms with E-state index in [1.165, 1.54) is 0 Å². The topological polar surface area (TPSA) is 78.5 Å². The van der Waals surface area contributed by atoms with Crippen molar-refractivity contribution in [2.75, 3.05) is 20.1 Å². The molecule has 0 bridgehead atoms. The van der Waals surface area contributed by atoms with Gasteiger partial charge in [0.1, 0.15) is 0 Å². The monoisotopic (exact) mass is 285 g/mol. The van der Waals surface area contributed by atoms with E-state index in [9.17, 15) is 14.4 Å². The van der Waals surface area contributed by atoms with Gasteiger partial charge in [0.15, 0.2) is 0 Å². The van der Waals surface area contributed by atoms with Gasteiger partial charge in [-0.25, -0.2) is 0 Å². The molecule has 0 radical (unpaired) electrons. The molecule has 0 saturated carbocycles. The van der Waals surface area contributed by atoms with E-state index < -0.39 is 0 Å². The molecule has 1 aliphatic rings. The van der Waals surface area contributed by atoms with Crippen LogP contribution in [0.1, 0.15) is 40.5 Å². The van der Waals surface area contributed by atoms with Gasteiger partial charge in [0.05, 0.1) is 6.04 Å². The molecule has 6 heteroatoms. The average Bonchev–Trinajstić information content (AvgIpc) is 2.46. The van der Waals surface area contributed by atoms with Gasteiger partial charge in [-0.1, -0.05) is 27.7 Å². The molecule has 1 rings (SSSR count). The average molecular weight is 285 g/mol. The molecule has 0 aromatic rings. The highest BCUT2D eigenvalue weighted by atomic mass is 16.2. The lowest BCUT2D eigenvalue weighted by atomic mass is 10.0. The predicted molar refractivity (Wildman–Crippen MR) is 78.0 cm³/mol. The van der Waals surface area contributed by atoms with Gasteiger partial charge in [-0.2, -0.15) is 0 Å². The highest BCUT2D eigenvalue weighted by Crippen LogP contribution is 2.14. The Morgan fingerprint density at radius 2 is 2.05 bits per heavy atom. The second-order valence-corrected chi connectivity index (χ2v) is 4.57. The lowest BCUT2D eigenvalue weighted by Gasteiger charge is -2.33. The molecule has 2 atom stereocenters. The number of nitrogens with one attached hydrogen (secondary N) is 2. The first kappa shape index (κ1) is 18.6. The van der Waals surface area contributed by atoms with Gasteiger partial charge in [-0.3, -0.25) is 24.6 Å². The summed E-state index contributed by atoms with van der Waals surface area (Å²) in [6.07, 6.45) is 0.889. The zero-order chi connectivity index (χ0) is 15.7. The van der Waals surface area contributed by atoms with Crippen molar-refractivity contribution >= 4 is 17.7 Å². The molecule has 1 fully saturated rings. The van der Waals surface area contributed by atoms with E-state index in [1.807, 2.05) is 32.6 Å². The molecule has 2 unspecified atom stereocenters. The van der Waals surface area contributed by atoms with Crippen LogP contribution in [0.4, 0.5) is 0 Å². The fourth-order valence-corrected chi connectivity index (χ4v) is 2.19. The third-order valence-electron chi connectivity index (χ3n) is 3.26. The standard InChI is InChI=1S/C12H21N3O3.C2H6/c1-4-15(7-8(2)11(17)13-3)9-5-6-10(16)14-12(9)18;1-2/h8-9H,4-7H2,1-3H3,(H,13,17)(H,14,16,18);1-2H3. The molecule has 116 valence electrons. The van der Waals surface area contributed by atoms with E-state index in [0.717, 1.165) is 0 Å². The van der Waals surface area contributed by atoms with E-state index in [2.05, 4.69) is 10.6 Å². The predicted octanol–water partition coefficient (Wildman–Crippen LogP) is 0.522. The van der Waals surface area contributed by atoms with Crippen LogP contribution < -0.4 is 10.6 Å². The SMILES string of the molecule is CC.CCN(CC(C)C(=O)NC)C1CCC(=O)NC1=O. The maximum atomic E-state index is 11.8. The van der Waals surface area contributed by atoms with Crippen molar-refractivity contribution in [2.45, 2.75) is 46.6 Å². The van der Waals surface area contributed by atoms with Crippen LogP contribution in [-0.2, 0) is 14.4 Å². The Morgan fingerprint density at radius 1 is 1.45 bits per heavy atom. The molecule has 0 aromatic carbocycles. The van der Waals surface area contributed by atoms with E-state index in [4.69, 9.17) is 0 Å². The minimum absolute atomic E-state index is 0.0410. The minimum atomic E-state index is -0.306. The lowest BCUT2D eigenvalue weighted by molar-refractivity contribution is -0.138. The number of amides is 3. The second-order valence-electron chi connectivity index (χ2n) is 4.57. The maximum Gasteiger partial charge on any atom is 0.243 e. The Kier molecular flexibility index (Phi) is 8.79. The van der Waals surface area contributed by atoms with Crippen molar-refractivity contribution in [3.8, 4) is 0 Å². The Labute approximate surface area is 121 Å². The first-order valence-electron chi connectivity index (χ1n) is 7.28. The zero-order valence-electron chi connectivity index (χ0n) is 13.2. The van der Waals surface area contributed by atoms with Crippen LogP contribution in [-0.4, -0.2) is 48.8 Å². The number of hydrogen-bond acceptors (Lipinski definition) is 4. The number of carbonyl (C=O) groups is 3. The quantitative estimate of drug-likeness (QED) is 0.722. The summed E-state index contributed by atoms with van der Waals surface area (Å²) >= 11 is 0. The Balaban J connectivity index is 0.00000172. The molecule has 0 spiro atoms. The molecule has 1 aliphatic heterocycles. The Hall–Kier alpha value is -1.43. The van der Waals surface area contributed by atoms with Crippen molar-refractivity contribution in [3.05, 3.63) is 0 Å². The summed E-state index contributed by atoms with van der Waals surface area (Å²) in [5.41, 5.74) is 0. The third kappa shape index (κ3) is 5.28. The fourth-order valence-electron chi connectivity index (χ4n) is 2.19. The first-order chi connectivity index (χ1) is 9.49. The van der Waals surface area contributed by atoms with E-state index in [0.29, 0.717) is 25.9 Å². The number of nitrogens with zero attached hydrogens (tertiary/aromatic N) is 1. The van der Waals surface area contributed by atoms with Gasteiger partial charge in [0.25, 0.3) is 0 Å². The molecule has 3 amide bonds. The fraction of sp³-hybridized carbons (Fsp3) is 0.786. The first-order valence-corrected chi connectivity index (χ1v) is 7.28. The molecule has 6 nitrogen and oxygen atoms in total. The number of hydrogen-bond donors (Lipinski definition) is 2. The summed E-state index contributed by atoms with van der Waals surface area (Å²) in [5.74, 6) is -0.690. The van der Waals surface area contributed by atoms with E-state index in [-0.39, 0.29) is 29.7 Å².